The van der Waals surface area contributed by atoms with E-state index >= 15 is 0 Å². The number of rotatable bonds is 7. The number of furan rings is 1. The summed E-state index contributed by atoms with van der Waals surface area (Å²) in [4.78, 5) is 15.2. The maximum absolute atomic E-state index is 13.0. The van der Waals surface area contributed by atoms with Crippen LogP contribution in [0, 0.1) is 6.92 Å². The second-order valence-electron chi connectivity index (χ2n) is 9.17. The summed E-state index contributed by atoms with van der Waals surface area (Å²) < 4.78 is 17.4. The van der Waals surface area contributed by atoms with Crippen molar-refractivity contribution in [3.05, 3.63) is 84.1 Å². The van der Waals surface area contributed by atoms with Gasteiger partial charge in [-0.15, -0.1) is 0 Å². The van der Waals surface area contributed by atoms with Gasteiger partial charge in [-0.3, -0.25) is 4.79 Å². The number of fused-ring (bicyclic) bond motifs is 1. The van der Waals surface area contributed by atoms with Gasteiger partial charge in [-0.2, -0.15) is 0 Å². The monoisotopic (exact) mass is 496 g/mol. The third-order valence-electron chi connectivity index (χ3n) is 6.70. The number of nitrogens with one attached hydrogen (secondary N) is 1. The summed E-state index contributed by atoms with van der Waals surface area (Å²) in [6, 6.07) is 20.2. The van der Waals surface area contributed by atoms with Gasteiger partial charge in [-0.25, -0.2) is 0 Å². The summed E-state index contributed by atoms with van der Waals surface area (Å²) in [5, 5.41) is 3.98. The molecular formula is C31H32N2O4. The lowest BCUT2D eigenvalue weighted by atomic mass is 9.96. The molecule has 0 atom stereocenters. The Labute approximate surface area is 217 Å². The largest absolute Gasteiger partial charge is 0.493 e. The molecule has 1 aliphatic rings. The Hall–Kier alpha value is -4.03. The van der Waals surface area contributed by atoms with Crippen LogP contribution >= 0.6 is 0 Å². The summed E-state index contributed by atoms with van der Waals surface area (Å²) in [5.74, 6) is 0.549. The van der Waals surface area contributed by atoms with E-state index in [1.54, 1.807) is 12.3 Å². The van der Waals surface area contributed by atoms with Crippen LogP contribution in [-0.2, 0) is 9.53 Å². The number of morpholine rings is 1. The predicted molar refractivity (Wildman–Crippen MR) is 149 cm³/mol. The van der Waals surface area contributed by atoms with Gasteiger partial charge in [-0.1, -0.05) is 30.3 Å². The molecule has 6 nitrogen and oxygen atoms in total. The summed E-state index contributed by atoms with van der Waals surface area (Å²) in [6.07, 6.45) is 3.42. The minimum absolute atomic E-state index is 0.188. The van der Waals surface area contributed by atoms with E-state index in [2.05, 4.69) is 28.4 Å². The van der Waals surface area contributed by atoms with Crippen molar-refractivity contribution >= 4 is 33.8 Å². The fraction of sp³-hybridized carbons (Fsp3) is 0.258. The molecule has 1 amide bonds. The van der Waals surface area contributed by atoms with Gasteiger partial charge >= 0.3 is 0 Å². The molecule has 1 N–H and O–H groups in total. The summed E-state index contributed by atoms with van der Waals surface area (Å²) in [7, 11) is 0. The molecule has 6 heteroatoms. The van der Waals surface area contributed by atoms with E-state index in [4.69, 9.17) is 13.9 Å². The Morgan fingerprint density at radius 1 is 1.08 bits per heavy atom. The third-order valence-corrected chi connectivity index (χ3v) is 6.70. The Balaban J connectivity index is 1.42. The van der Waals surface area contributed by atoms with Gasteiger partial charge in [0.15, 0.2) is 0 Å². The molecule has 3 aromatic carbocycles. The van der Waals surface area contributed by atoms with Crippen molar-refractivity contribution in [1.29, 1.82) is 0 Å². The minimum Gasteiger partial charge on any atom is -0.493 e. The highest BCUT2D eigenvalue weighted by Crippen LogP contribution is 2.40. The van der Waals surface area contributed by atoms with Crippen LogP contribution in [0.1, 0.15) is 25.0 Å². The van der Waals surface area contributed by atoms with Gasteiger partial charge in [0, 0.05) is 52.6 Å². The topological polar surface area (TPSA) is 63.9 Å². The summed E-state index contributed by atoms with van der Waals surface area (Å²) >= 11 is 0. The molecule has 190 valence electrons. The number of carbonyl (C=O) groups excluding carboxylic acids is 1. The molecule has 0 aliphatic carbocycles. The zero-order valence-corrected chi connectivity index (χ0v) is 21.5. The van der Waals surface area contributed by atoms with Crippen molar-refractivity contribution in [3.8, 4) is 16.9 Å². The SMILES string of the molecule is CCOc1c(/C(C)=C/C(=O)Nc2ccc(N3CCOCC3)cc2)cc2c(-c3ccccc3)coc2c1C. The second-order valence-corrected chi connectivity index (χ2v) is 9.17. The van der Waals surface area contributed by atoms with E-state index in [1.165, 1.54) is 0 Å². The summed E-state index contributed by atoms with van der Waals surface area (Å²) in [5.41, 5.74) is 7.39. The fourth-order valence-corrected chi connectivity index (χ4v) is 4.81. The maximum atomic E-state index is 13.0. The van der Waals surface area contributed by atoms with Gasteiger partial charge in [-0.05, 0) is 62.2 Å². The first-order chi connectivity index (χ1) is 18.0. The maximum Gasteiger partial charge on any atom is 0.248 e. The smallest absolute Gasteiger partial charge is 0.248 e. The molecule has 0 radical (unpaired) electrons. The van der Waals surface area contributed by atoms with Crippen LogP contribution < -0.4 is 15.0 Å². The normalized spacial score (nSPS) is 14.1. The van der Waals surface area contributed by atoms with Gasteiger partial charge in [0.05, 0.1) is 26.1 Å². The van der Waals surface area contributed by atoms with E-state index in [0.717, 1.165) is 82.2 Å². The van der Waals surface area contributed by atoms with Crippen molar-refractivity contribution < 1.29 is 18.7 Å². The van der Waals surface area contributed by atoms with Crippen LogP contribution in [0.3, 0.4) is 0 Å². The average molecular weight is 497 g/mol. The third kappa shape index (κ3) is 5.25. The number of hydrogen-bond acceptors (Lipinski definition) is 5. The van der Waals surface area contributed by atoms with E-state index in [9.17, 15) is 4.79 Å². The zero-order chi connectivity index (χ0) is 25.8. The van der Waals surface area contributed by atoms with Crippen LogP contribution in [0.15, 0.2) is 77.4 Å². The molecule has 1 aromatic heterocycles. The molecule has 1 aliphatic heterocycles. The lowest BCUT2D eigenvalue weighted by Crippen LogP contribution is -2.36. The standard InChI is InChI=1S/C31H32N2O4/c1-4-36-30-22(3)31-27(28(20-37-31)23-8-6-5-7-9-23)19-26(30)21(2)18-29(34)32-24-10-12-25(13-11-24)33-14-16-35-17-15-33/h5-13,18-20H,4,14-17H2,1-3H3,(H,32,34)/b21-18+. The van der Waals surface area contributed by atoms with Crippen molar-refractivity contribution in [2.75, 3.05) is 43.1 Å². The highest BCUT2D eigenvalue weighted by atomic mass is 16.5. The first-order valence-electron chi connectivity index (χ1n) is 12.7. The molecule has 0 saturated carbocycles. The Kier molecular flexibility index (Phi) is 7.28. The quantitative estimate of drug-likeness (QED) is 0.289. The molecule has 37 heavy (non-hydrogen) atoms. The van der Waals surface area contributed by atoms with Crippen LogP contribution in [0.4, 0.5) is 11.4 Å². The molecule has 1 fully saturated rings. The van der Waals surface area contributed by atoms with Crippen molar-refractivity contribution in [3.63, 3.8) is 0 Å². The van der Waals surface area contributed by atoms with Gasteiger partial charge in [0.1, 0.15) is 11.3 Å². The van der Waals surface area contributed by atoms with E-state index in [0.29, 0.717) is 6.61 Å². The van der Waals surface area contributed by atoms with Crippen LogP contribution in [-0.4, -0.2) is 38.8 Å². The van der Waals surface area contributed by atoms with Gasteiger partial charge < -0.3 is 24.1 Å². The zero-order valence-electron chi connectivity index (χ0n) is 21.5. The lowest BCUT2D eigenvalue weighted by molar-refractivity contribution is -0.111. The predicted octanol–water partition coefficient (Wildman–Crippen LogP) is 6.69. The Morgan fingerprint density at radius 3 is 2.51 bits per heavy atom. The molecule has 4 aromatic rings. The first kappa shape index (κ1) is 24.7. The molecule has 5 rings (SSSR count). The van der Waals surface area contributed by atoms with E-state index in [-0.39, 0.29) is 5.91 Å². The van der Waals surface area contributed by atoms with Crippen molar-refractivity contribution in [2.24, 2.45) is 0 Å². The van der Waals surface area contributed by atoms with E-state index < -0.39 is 0 Å². The number of carbonyl (C=O) groups is 1. The number of amides is 1. The van der Waals surface area contributed by atoms with E-state index in [1.807, 2.05) is 63.2 Å². The average Bonchev–Trinajstić information content (AvgIpc) is 3.36. The molecule has 0 spiro atoms. The number of aryl methyl sites for hydroxylation is 1. The van der Waals surface area contributed by atoms with Gasteiger partial charge in [0.2, 0.25) is 5.91 Å². The fourth-order valence-electron chi connectivity index (χ4n) is 4.81. The number of nitrogens with zero attached hydrogens (tertiary/aromatic N) is 1. The highest BCUT2D eigenvalue weighted by molar-refractivity contribution is 6.06. The van der Waals surface area contributed by atoms with Crippen molar-refractivity contribution in [2.45, 2.75) is 20.8 Å². The molecule has 0 unspecified atom stereocenters. The molecule has 2 heterocycles. The van der Waals surface area contributed by atoms with Crippen LogP contribution in [0.2, 0.25) is 0 Å². The Morgan fingerprint density at radius 2 is 1.81 bits per heavy atom. The first-order valence-corrected chi connectivity index (χ1v) is 12.7. The minimum atomic E-state index is -0.188. The van der Waals surface area contributed by atoms with Crippen LogP contribution in [0.25, 0.3) is 27.7 Å². The molecular weight excluding hydrogens is 464 g/mol. The molecule has 0 bridgehead atoms. The number of hydrogen-bond donors (Lipinski definition) is 1. The second kappa shape index (κ2) is 10.9. The van der Waals surface area contributed by atoms with Gasteiger partial charge in [0.25, 0.3) is 0 Å². The Bertz CT molecular complexity index is 1420. The number of anilines is 2. The highest BCUT2D eigenvalue weighted by Gasteiger charge is 2.19. The number of benzene rings is 3. The van der Waals surface area contributed by atoms with Crippen LogP contribution in [0.5, 0.6) is 5.75 Å². The summed E-state index contributed by atoms with van der Waals surface area (Å²) in [6.45, 7) is 9.64. The number of allylic oxidation sites excluding steroid dienone is 1. The number of ether oxygens (including phenoxy) is 2. The molecule has 1 saturated heterocycles. The lowest BCUT2D eigenvalue weighted by Gasteiger charge is -2.28. The van der Waals surface area contributed by atoms with Crippen molar-refractivity contribution in [1.82, 2.24) is 0 Å².